The van der Waals surface area contributed by atoms with E-state index in [0.717, 1.165) is 37.3 Å². The average Bonchev–Trinajstić information content (AvgIpc) is 2.62. The molecule has 0 unspecified atom stereocenters. The minimum atomic E-state index is -0.339. The van der Waals surface area contributed by atoms with Gasteiger partial charge in [-0.1, -0.05) is 23.7 Å². The highest BCUT2D eigenvalue weighted by atomic mass is 35.5. The average molecular weight is 331 g/mol. The van der Waals surface area contributed by atoms with Gasteiger partial charge in [0.05, 0.1) is 0 Å². The predicted molar refractivity (Wildman–Crippen MR) is 90.9 cm³/mol. The maximum absolute atomic E-state index is 12.4. The van der Waals surface area contributed by atoms with Crippen LogP contribution in [0, 0.1) is 0 Å². The highest BCUT2D eigenvalue weighted by Gasteiger charge is 2.20. The molecule has 5 heteroatoms. The largest absolute Gasteiger partial charge is 0.457 e. The van der Waals surface area contributed by atoms with Crippen molar-refractivity contribution in [2.75, 3.05) is 18.0 Å². The van der Waals surface area contributed by atoms with Crippen molar-refractivity contribution in [3.05, 3.63) is 58.7 Å². The van der Waals surface area contributed by atoms with Crippen molar-refractivity contribution >= 4 is 23.4 Å². The second kappa shape index (κ2) is 7.47. The molecule has 1 aromatic heterocycles. The van der Waals surface area contributed by atoms with E-state index in [9.17, 15) is 4.79 Å². The molecule has 0 amide bonds. The van der Waals surface area contributed by atoms with E-state index >= 15 is 0 Å². The van der Waals surface area contributed by atoms with Crippen LogP contribution in [-0.2, 0) is 11.3 Å². The van der Waals surface area contributed by atoms with E-state index in [1.54, 1.807) is 30.5 Å². The summed E-state index contributed by atoms with van der Waals surface area (Å²) in [7, 11) is 0. The number of hydrogen-bond donors (Lipinski definition) is 0. The number of rotatable bonds is 4. The Bertz CT molecular complexity index is 667. The Hall–Kier alpha value is -2.07. The highest BCUT2D eigenvalue weighted by Crippen LogP contribution is 2.22. The lowest BCUT2D eigenvalue weighted by Crippen LogP contribution is -2.31. The molecule has 0 atom stereocenters. The van der Waals surface area contributed by atoms with Gasteiger partial charge in [0.25, 0.3) is 0 Å². The molecule has 0 saturated carbocycles. The maximum Gasteiger partial charge on any atom is 0.342 e. The number of hydrogen-bond acceptors (Lipinski definition) is 4. The second-order valence-corrected chi connectivity index (χ2v) is 6.06. The van der Waals surface area contributed by atoms with Crippen LogP contribution in [0.1, 0.15) is 35.2 Å². The Morgan fingerprint density at radius 1 is 1.13 bits per heavy atom. The van der Waals surface area contributed by atoms with Crippen molar-refractivity contribution in [1.82, 2.24) is 4.98 Å². The first-order chi connectivity index (χ1) is 11.2. The van der Waals surface area contributed by atoms with Crippen molar-refractivity contribution < 1.29 is 9.53 Å². The molecule has 3 rings (SSSR count). The molecule has 0 spiro atoms. The molecule has 1 aliphatic rings. The van der Waals surface area contributed by atoms with E-state index in [-0.39, 0.29) is 12.6 Å². The number of piperidine rings is 1. The van der Waals surface area contributed by atoms with Gasteiger partial charge >= 0.3 is 5.97 Å². The molecule has 1 fully saturated rings. The zero-order chi connectivity index (χ0) is 16.1. The Labute approximate surface area is 141 Å². The molecule has 0 aliphatic carbocycles. The summed E-state index contributed by atoms with van der Waals surface area (Å²) in [5, 5.41) is 0.666. The molecule has 120 valence electrons. The fraction of sp³-hybridized carbons (Fsp3) is 0.333. The van der Waals surface area contributed by atoms with Crippen LogP contribution < -0.4 is 4.90 Å². The van der Waals surface area contributed by atoms with Gasteiger partial charge in [-0.3, -0.25) is 0 Å². The molecule has 0 radical (unpaired) electrons. The summed E-state index contributed by atoms with van der Waals surface area (Å²) in [6.07, 6.45) is 5.23. The van der Waals surface area contributed by atoms with Gasteiger partial charge in [-0.05, 0) is 49.1 Å². The lowest BCUT2D eigenvalue weighted by atomic mass is 10.1. The molecule has 4 nitrogen and oxygen atoms in total. The number of pyridine rings is 1. The van der Waals surface area contributed by atoms with Crippen LogP contribution in [0.5, 0.6) is 0 Å². The quantitative estimate of drug-likeness (QED) is 0.792. The van der Waals surface area contributed by atoms with Gasteiger partial charge in [-0.15, -0.1) is 0 Å². The third kappa shape index (κ3) is 4.02. The third-order valence-corrected chi connectivity index (χ3v) is 4.20. The van der Waals surface area contributed by atoms with E-state index in [4.69, 9.17) is 16.3 Å². The summed E-state index contributed by atoms with van der Waals surface area (Å²) in [6.45, 7) is 2.10. The zero-order valence-electron chi connectivity index (χ0n) is 12.9. The summed E-state index contributed by atoms with van der Waals surface area (Å²) < 4.78 is 5.44. The van der Waals surface area contributed by atoms with E-state index in [0.29, 0.717) is 10.6 Å². The number of carbonyl (C=O) groups is 1. The van der Waals surface area contributed by atoms with Crippen LogP contribution in [0.15, 0.2) is 42.6 Å². The van der Waals surface area contributed by atoms with Crippen LogP contribution in [0.4, 0.5) is 5.82 Å². The topological polar surface area (TPSA) is 42.4 Å². The van der Waals surface area contributed by atoms with Gasteiger partial charge in [0, 0.05) is 24.3 Å². The number of anilines is 1. The highest BCUT2D eigenvalue weighted by molar-refractivity contribution is 6.30. The normalized spacial score (nSPS) is 14.6. The number of nitrogens with zero attached hydrogens (tertiary/aromatic N) is 2. The van der Waals surface area contributed by atoms with E-state index in [2.05, 4.69) is 9.88 Å². The second-order valence-electron chi connectivity index (χ2n) is 5.62. The zero-order valence-corrected chi connectivity index (χ0v) is 13.6. The summed E-state index contributed by atoms with van der Waals surface area (Å²) in [6, 6.07) is 10.8. The number of ether oxygens (including phenoxy) is 1. The van der Waals surface area contributed by atoms with Crippen molar-refractivity contribution in [1.29, 1.82) is 0 Å². The Morgan fingerprint density at radius 3 is 2.61 bits per heavy atom. The van der Waals surface area contributed by atoms with Gasteiger partial charge in [-0.25, -0.2) is 9.78 Å². The van der Waals surface area contributed by atoms with Crippen molar-refractivity contribution in [3.8, 4) is 0 Å². The Balaban J connectivity index is 1.70. The SMILES string of the molecule is O=C(OCc1ccc(Cl)cc1)c1cccnc1N1CCCCC1. The summed E-state index contributed by atoms with van der Waals surface area (Å²) in [4.78, 5) is 19.0. The molecule has 0 N–H and O–H groups in total. The van der Waals surface area contributed by atoms with Gasteiger partial charge in [-0.2, -0.15) is 0 Å². The molecule has 1 aromatic carbocycles. The number of benzene rings is 1. The first-order valence-electron chi connectivity index (χ1n) is 7.85. The van der Waals surface area contributed by atoms with E-state index in [1.165, 1.54) is 6.42 Å². The van der Waals surface area contributed by atoms with Gasteiger partial charge in [0.15, 0.2) is 0 Å². The first-order valence-corrected chi connectivity index (χ1v) is 8.23. The minimum Gasteiger partial charge on any atom is -0.457 e. The number of esters is 1. The molecule has 0 bridgehead atoms. The third-order valence-electron chi connectivity index (χ3n) is 3.95. The smallest absolute Gasteiger partial charge is 0.342 e. The fourth-order valence-electron chi connectivity index (χ4n) is 2.72. The minimum absolute atomic E-state index is 0.227. The monoisotopic (exact) mass is 330 g/mol. The van der Waals surface area contributed by atoms with Gasteiger partial charge < -0.3 is 9.64 Å². The lowest BCUT2D eigenvalue weighted by Gasteiger charge is -2.28. The fourth-order valence-corrected chi connectivity index (χ4v) is 2.85. The molecule has 1 saturated heterocycles. The van der Waals surface area contributed by atoms with Crippen molar-refractivity contribution in [2.45, 2.75) is 25.9 Å². The molecule has 2 aromatic rings. The Kier molecular flexibility index (Phi) is 5.13. The maximum atomic E-state index is 12.4. The predicted octanol–water partition coefficient (Wildman–Crippen LogP) is 4.08. The molecular weight excluding hydrogens is 312 g/mol. The van der Waals surface area contributed by atoms with Crippen LogP contribution in [0.2, 0.25) is 5.02 Å². The van der Waals surface area contributed by atoms with Crippen LogP contribution in [0.25, 0.3) is 0 Å². The Morgan fingerprint density at radius 2 is 1.87 bits per heavy atom. The van der Waals surface area contributed by atoms with E-state index in [1.807, 2.05) is 12.1 Å². The molecule has 23 heavy (non-hydrogen) atoms. The summed E-state index contributed by atoms with van der Waals surface area (Å²) in [5.41, 5.74) is 1.44. The standard InChI is InChI=1S/C18H19ClN2O2/c19-15-8-6-14(7-9-15)13-23-18(22)16-5-4-10-20-17(16)21-11-2-1-3-12-21/h4-10H,1-3,11-13H2. The number of aromatic nitrogens is 1. The van der Waals surface area contributed by atoms with Crippen molar-refractivity contribution in [2.24, 2.45) is 0 Å². The van der Waals surface area contributed by atoms with Crippen molar-refractivity contribution in [3.63, 3.8) is 0 Å². The van der Waals surface area contributed by atoms with E-state index < -0.39 is 0 Å². The molecule has 2 heterocycles. The molecule has 1 aliphatic heterocycles. The van der Waals surface area contributed by atoms with Crippen LogP contribution in [-0.4, -0.2) is 24.0 Å². The van der Waals surface area contributed by atoms with Crippen LogP contribution in [0.3, 0.4) is 0 Å². The number of carbonyl (C=O) groups excluding carboxylic acids is 1. The number of halogens is 1. The summed E-state index contributed by atoms with van der Waals surface area (Å²) in [5.74, 6) is 0.391. The van der Waals surface area contributed by atoms with Gasteiger partial charge in [0.1, 0.15) is 18.0 Å². The lowest BCUT2D eigenvalue weighted by molar-refractivity contribution is 0.0473. The van der Waals surface area contributed by atoms with Gasteiger partial charge in [0.2, 0.25) is 0 Å². The first kappa shape index (κ1) is 15.8. The molecular formula is C18H19ClN2O2. The van der Waals surface area contributed by atoms with Crippen LogP contribution >= 0.6 is 11.6 Å². The summed E-state index contributed by atoms with van der Waals surface area (Å²) >= 11 is 5.86.